The van der Waals surface area contributed by atoms with E-state index in [1.165, 1.54) is 32.1 Å². The Morgan fingerprint density at radius 2 is 1.77 bits per heavy atom. The molecule has 0 radical (unpaired) electrons. The summed E-state index contributed by atoms with van der Waals surface area (Å²) in [7, 11) is 0. The van der Waals surface area contributed by atoms with Crippen LogP contribution in [0.3, 0.4) is 0 Å². The van der Waals surface area contributed by atoms with Crippen LogP contribution in [-0.2, 0) is 19.1 Å². The van der Waals surface area contributed by atoms with Gasteiger partial charge in [-0.15, -0.1) is 6.58 Å². The number of aliphatic hydroxyl groups is 4. The first-order chi connectivity index (χ1) is 20.1. The van der Waals surface area contributed by atoms with E-state index in [1.54, 1.807) is 19.9 Å². The summed E-state index contributed by atoms with van der Waals surface area (Å²) < 4.78 is 11.8. The van der Waals surface area contributed by atoms with Gasteiger partial charge in [0.2, 0.25) is 0 Å². The highest BCUT2D eigenvalue weighted by atomic mass is 16.6. The predicted molar refractivity (Wildman–Crippen MR) is 163 cm³/mol. The Morgan fingerprint density at radius 3 is 2.30 bits per heavy atom. The van der Waals surface area contributed by atoms with E-state index in [-0.39, 0.29) is 17.9 Å². The zero-order valence-corrected chi connectivity index (χ0v) is 27.1. The Morgan fingerprint density at radius 1 is 1.16 bits per heavy atom. The second-order valence-corrected chi connectivity index (χ2v) is 14.2. The predicted octanol–water partition coefficient (Wildman–Crippen LogP) is 2.65. The van der Waals surface area contributed by atoms with Crippen molar-refractivity contribution in [1.82, 2.24) is 5.32 Å². The molecule has 1 heterocycles. The first-order valence-corrected chi connectivity index (χ1v) is 15.2. The third-order valence-electron chi connectivity index (χ3n) is 10.1. The summed E-state index contributed by atoms with van der Waals surface area (Å²) in [5.41, 5.74) is -6.42. The number of phenolic OH excluding ortho intramolecular Hbond substituents is 2. The lowest BCUT2D eigenvalue weighted by Crippen LogP contribution is -2.86. The summed E-state index contributed by atoms with van der Waals surface area (Å²) in [6.07, 6.45) is -1.98. The third-order valence-corrected chi connectivity index (χ3v) is 10.1. The molecule has 2 aliphatic carbocycles. The number of hydrogen-bond donors (Lipinski definition) is 7. The van der Waals surface area contributed by atoms with Crippen LogP contribution in [0.25, 0.3) is 0 Å². The molecule has 3 aliphatic rings. The molecule has 248 valence electrons. The molecule has 0 amide bonds. The van der Waals surface area contributed by atoms with Gasteiger partial charge in [-0.3, -0.25) is 9.59 Å². The number of esters is 1. The highest BCUT2D eigenvalue weighted by Gasteiger charge is 2.81. The van der Waals surface area contributed by atoms with E-state index in [2.05, 4.69) is 11.9 Å². The smallest absolute Gasteiger partial charge is 0.303 e. The molecule has 1 saturated heterocycles. The fourth-order valence-electron chi connectivity index (χ4n) is 7.87. The van der Waals surface area contributed by atoms with Gasteiger partial charge in [0.25, 0.3) is 0 Å². The molecule has 0 spiro atoms. The van der Waals surface area contributed by atoms with Gasteiger partial charge in [-0.2, -0.15) is 0 Å². The average molecular weight is 622 g/mol. The largest absolute Gasteiger partial charge is 0.504 e. The lowest BCUT2D eigenvalue weighted by molar-refractivity contribution is -0.370. The Labute approximate surface area is 259 Å². The number of ether oxygens (including phenoxy) is 2. The molecule has 3 fully saturated rings. The van der Waals surface area contributed by atoms with Gasteiger partial charge in [-0.1, -0.05) is 46.8 Å². The second kappa shape index (κ2) is 12.3. The minimum absolute atomic E-state index is 0.138. The maximum absolute atomic E-state index is 13.6. The SMILES string of the molecule is C=C[C@@]1(C)CC(=O)[C@]2(O)[C@@]3(C)[C@@H](O)CCC(C)(C)[C@@H]3[C@H](O)[C@H](OC(C)=O)[C@@]2(C)O1.CC(C)NCC(O)c1ccc(O)c(O)c1. The number of carbonyl (C=O) groups excluding carboxylic acids is 2. The van der Waals surface area contributed by atoms with Gasteiger partial charge in [0.15, 0.2) is 29.0 Å². The number of aromatic hydroxyl groups is 2. The van der Waals surface area contributed by atoms with Gasteiger partial charge in [-0.25, -0.2) is 0 Å². The van der Waals surface area contributed by atoms with Crippen LogP contribution in [0.15, 0.2) is 30.9 Å². The normalized spacial score (nSPS) is 38.4. The van der Waals surface area contributed by atoms with Crippen LogP contribution in [-0.4, -0.2) is 90.1 Å². The Kier molecular flexibility index (Phi) is 10.1. The van der Waals surface area contributed by atoms with Crippen LogP contribution in [0.5, 0.6) is 11.5 Å². The number of rotatable bonds is 6. The highest BCUT2D eigenvalue weighted by Crippen LogP contribution is 2.67. The van der Waals surface area contributed by atoms with E-state index in [4.69, 9.17) is 14.6 Å². The zero-order valence-electron chi connectivity index (χ0n) is 27.1. The number of Topliss-reactive ketones (excluding diaryl/α,β-unsaturated/α-hetero) is 1. The Balaban J connectivity index is 0.000000297. The molecule has 1 aliphatic heterocycles. The maximum atomic E-state index is 13.6. The van der Waals surface area contributed by atoms with Crippen molar-refractivity contribution in [2.75, 3.05) is 6.54 Å². The van der Waals surface area contributed by atoms with E-state index < -0.39 is 69.7 Å². The van der Waals surface area contributed by atoms with Crippen molar-refractivity contribution in [3.8, 4) is 11.5 Å². The minimum atomic E-state index is -2.18. The van der Waals surface area contributed by atoms with Crippen molar-refractivity contribution in [3.05, 3.63) is 36.4 Å². The van der Waals surface area contributed by atoms with Crippen molar-refractivity contribution in [2.45, 2.75) is 122 Å². The van der Waals surface area contributed by atoms with E-state index in [0.29, 0.717) is 31.0 Å². The molecule has 11 heteroatoms. The number of carbonyl (C=O) groups is 2. The van der Waals surface area contributed by atoms with Crippen LogP contribution in [0, 0.1) is 16.7 Å². The minimum Gasteiger partial charge on any atom is -0.504 e. The summed E-state index contributed by atoms with van der Waals surface area (Å²) in [5, 5.41) is 65.8. The number of benzene rings is 1. The highest BCUT2D eigenvalue weighted by molar-refractivity contribution is 5.92. The molecule has 4 rings (SSSR count). The van der Waals surface area contributed by atoms with Gasteiger partial charge >= 0.3 is 5.97 Å². The molecule has 1 aromatic carbocycles. The summed E-state index contributed by atoms with van der Waals surface area (Å²) in [4.78, 5) is 25.5. The second-order valence-electron chi connectivity index (χ2n) is 14.2. The van der Waals surface area contributed by atoms with Crippen LogP contribution in [0.2, 0.25) is 0 Å². The molecule has 7 N–H and O–H groups in total. The van der Waals surface area contributed by atoms with Crippen molar-refractivity contribution in [3.63, 3.8) is 0 Å². The molecule has 9 atom stereocenters. The molecular formula is C33H51NO10. The van der Waals surface area contributed by atoms with Gasteiger partial charge in [0.05, 0.1) is 23.9 Å². The van der Waals surface area contributed by atoms with E-state index in [9.17, 15) is 35.1 Å². The first-order valence-electron chi connectivity index (χ1n) is 15.2. The number of ketones is 1. The summed E-state index contributed by atoms with van der Waals surface area (Å²) in [5.74, 6) is -2.26. The molecule has 1 aromatic rings. The summed E-state index contributed by atoms with van der Waals surface area (Å²) in [6.45, 7) is 18.0. The molecule has 0 aromatic heterocycles. The molecule has 44 heavy (non-hydrogen) atoms. The molecule has 2 saturated carbocycles. The van der Waals surface area contributed by atoms with Crippen LogP contribution < -0.4 is 5.32 Å². The van der Waals surface area contributed by atoms with Crippen LogP contribution in [0.1, 0.15) is 86.3 Å². The van der Waals surface area contributed by atoms with Gasteiger partial charge in [-0.05, 0) is 49.8 Å². The Hall–Kier alpha value is -2.54. The van der Waals surface area contributed by atoms with Gasteiger partial charge in [0, 0.05) is 37.3 Å². The number of phenols is 2. The number of aliphatic hydroxyl groups excluding tert-OH is 3. The topological polar surface area (TPSA) is 186 Å². The number of fused-ring (bicyclic) bond motifs is 3. The lowest BCUT2D eigenvalue weighted by atomic mass is 9.40. The Bertz CT molecular complexity index is 1250. The summed E-state index contributed by atoms with van der Waals surface area (Å²) >= 11 is 0. The quantitative estimate of drug-likeness (QED) is 0.141. The van der Waals surface area contributed by atoms with Crippen molar-refractivity contribution >= 4 is 11.8 Å². The molecule has 1 unspecified atom stereocenters. The van der Waals surface area contributed by atoms with Crippen molar-refractivity contribution in [2.24, 2.45) is 16.7 Å². The van der Waals surface area contributed by atoms with E-state index >= 15 is 0 Å². The van der Waals surface area contributed by atoms with Crippen LogP contribution in [0.4, 0.5) is 0 Å². The lowest BCUT2D eigenvalue weighted by Gasteiger charge is -2.71. The molecule has 0 bridgehead atoms. The summed E-state index contributed by atoms with van der Waals surface area (Å²) in [6, 6.07) is 4.61. The maximum Gasteiger partial charge on any atom is 0.303 e. The number of nitrogens with one attached hydrogen (secondary N) is 1. The molecule has 11 nitrogen and oxygen atoms in total. The standard InChI is InChI=1S/C22H34O7.C11H17NO3/c1-8-19(5)11-14(25)22(27)20(6)13(24)9-10-18(3,4)16(20)15(26)17(28-12(2)23)21(22,7)29-19;1-7(2)12-6-11(15)8-3-4-9(13)10(14)5-8/h8,13,15-17,24,26-27H,1,9-11H2,2-7H3;3-5,7,11-15H,6H2,1-2H3/t13-,15-,16-,17-,19-,20-,21+,22-;/m0./s1. The molecular weight excluding hydrogens is 570 g/mol. The van der Waals surface area contributed by atoms with E-state index in [1.807, 2.05) is 27.7 Å². The van der Waals surface area contributed by atoms with Crippen molar-refractivity contribution < 1.29 is 49.7 Å². The van der Waals surface area contributed by atoms with Gasteiger partial charge < -0.3 is 45.4 Å². The monoisotopic (exact) mass is 621 g/mol. The third kappa shape index (κ3) is 5.90. The zero-order chi connectivity index (χ0) is 33.6. The van der Waals surface area contributed by atoms with E-state index in [0.717, 1.165) is 0 Å². The van der Waals surface area contributed by atoms with Crippen LogP contribution >= 0.6 is 0 Å². The average Bonchev–Trinajstić information content (AvgIpc) is 2.92. The van der Waals surface area contributed by atoms with Gasteiger partial charge in [0.1, 0.15) is 5.60 Å². The fraction of sp³-hybridized carbons (Fsp3) is 0.697. The van der Waals surface area contributed by atoms with Crippen molar-refractivity contribution in [1.29, 1.82) is 0 Å². The number of hydrogen-bond acceptors (Lipinski definition) is 11. The fourth-order valence-corrected chi connectivity index (χ4v) is 7.87. The first kappa shape index (κ1) is 35.9.